The van der Waals surface area contributed by atoms with E-state index >= 15 is 0 Å². The molecule has 2 heterocycles. The van der Waals surface area contributed by atoms with E-state index in [1.807, 2.05) is 24.3 Å². The highest BCUT2D eigenvalue weighted by atomic mass is 35.5. The van der Waals surface area contributed by atoms with Crippen molar-refractivity contribution in [3.05, 3.63) is 127 Å². The van der Waals surface area contributed by atoms with Crippen molar-refractivity contribution in [2.75, 3.05) is 0 Å². The molecule has 0 fully saturated rings. The zero-order chi connectivity index (χ0) is 24.1. The molecule has 7 aromatic rings. The fourth-order valence-electron chi connectivity index (χ4n) is 5.10. The smallest absolute Gasteiger partial charge is 0.223 e. The van der Waals surface area contributed by atoms with Crippen molar-refractivity contribution in [2.45, 2.75) is 0 Å². The van der Waals surface area contributed by atoms with Crippen LogP contribution in [-0.4, -0.2) is 14.5 Å². The van der Waals surface area contributed by atoms with Crippen LogP contribution in [0.5, 0.6) is 0 Å². The molecule has 0 unspecified atom stereocenters. The second kappa shape index (κ2) is 8.33. The summed E-state index contributed by atoms with van der Waals surface area (Å²) in [5.41, 5.74) is 8.46. The van der Waals surface area contributed by atoms with Gasteiger partial charge in [0.2, 0.25) is 5.28 Å². The van der Waals surface area contributed by atoms with Gasteiger partial charge in [0.05, 0.1) is 22.2 Å². The molecule has 4 heteroatoms. The quantitative estimate of drug-likeness (QED) is 0.236. The van der Waals surface area contributed by atoms with Crippen molar-refractivity contribution < 1.29 is 0 Å². The average Bonchev–Trinajstić information content (AvgIpc) is 3.27. The number of nitrogens with zero attached hydrogens (tertiary/aromatic N) is 3. The van der Waals surface area contributed by atoms with E-state index in [0.717, 1.165) is 39.0 Å². The van der Waals surface area contributed by atoms with E-state index in [0.29, 0.717) is 0 Å². The number of hydrogen-bond acceptors (Lipinski definition) is 2. The maximum Gasteiger partial charge on any atom is 0.223 e. The molecule has 0 bridgehead atoms. The molecule has 0 saturated heterocycles. The highest BCUT2D eigenvalue weighted by Crippen LogP contribution is 2.36. The first-order chi connectivity index (χ1) is 17.8. The van der Waals surface area contributed by atoms with Crippen LogP contribution in [0.4, 0.5) is 0 Å². The SMILES string of the molecule is Clc1nc(-c2ccccc2)c2cc(-c3ccc4c5ccccc5n(-c5ccccc5)c4c3)ccc2n1. The zero-order valence-corrected chi connectivity index (χ0v) is 20.0. The van der Waals surface area contributed by atoms with Crippen molar-refractivity contribution in [3.63, 3.8) is 0 Å². The standard InChI is InChI=1S/C32H20ClN3/c33-32-34-28-18-16-22(19-27(28)31(35-32)21-9-3-1-4-10-21)23-15-17-26-25-13-7-8-14-29(25)36(30(26)20-23)24-11-5-2-6-12-24/h1-20H. The largest absolute Gasteiger partial charge is 0.309 e. The Balaban J connectivity index is 1.47. The zero-order valence-electron chi connectivity index (χ0n) is 19.3. The summed E-state index contributed by atoms with van der Waals surface area (Å²) < 4.78 is 2.34. The fourth-order valence-corrected chi connectivity index (χ4v) is 5.28. The Kier molecular flexibility index (Phi) is 4.83. The summed E-state index contributed by atoms with van der Waals surface area (Å²) in [6, 6.07) is 42.2. The number of para-hydroxylation sites is 2. The summed E-state index contributed by atoms with van der Waals surface area (Å²) in [5.74, 6) is 0. The van der Waals surface area contributed by atoms with E-state index in [4.69, 9.17) is 11.6 Å². The second-order valence-electron chi connectivity index (χ2n) is 8.86. The van der Waals surface area contributed by atoms with Crippen LogP contribution in [0.3, 0.4) is 0 Å². The molecule has 36 heavy (non-hydrogen) atoms. The second-order valence-corrected chi connectivity index (χ2v) is 9.20. The van der Waals surface area contributed by atoms with Crippen LogP contribution < -0.4 is 0 Å². The first-order valence-corrected chi connectivity index (χ1v) is 12.3. The predicted molar refractivity (Wildman–Crippen MR) is 150 cm³/mol. The summed E-state index contributed by atoms with van der Waals surface area (Å²) in [6.07, 6.45) is 0. The molecule has 5 aromatic carbocycles. The van der Waals surface area contributed by atoms with Crippen LogP contribution in [0.15, 0.2) is 121 Å². The van der Waals surface area contributed by atoms with Crippen LogP contribution >= 0.6 is 11.6 Å². The summed E-state index contributed by atoms with van der Waals surface area (Å²) >= 11 is 6.29. The molecule has 0 amide bonds. The summed E-state index contributed by atoms with van der Waals surface area (Å²) in [5, 5.41) is 3.71. The molecule has 3 nitrogen and oxygen atoms in total. The Morgan fingerprint density at radius 1 is 0.500 bits per heavy atom. The molecule has 0 aliphatic rings. The summed E-state index contributed by atoms with van der Waals surface area (Å²) in [4.78, 5) is 9.07. The number of halogens is 1. The van der Waals surface area contributed by atoms with Gasteiger partial charge in [-0.2, -0.15) is 0 Å². The highest BCUT2D eigenvalue weighted by Gasteiger charge is 2.14. The summed E-state index contributed by atoms with van der Waals surface area (Å²) in [7, 11) is 0. The van der Waals surface area contributed by atoms with Crippen molar-refractivity contribution >= 4 is 44.3 Å². The van der Waals surface area contributed by atoms with Gasteiger partial charge in [0.25, 0.3) is 0 Å². The Hall–Kier alpha value is -4.47. The van der Waals surface area contributed by atoms with Crippen molar-refractivity contribution in [1.29, 1.82) is 0 Å². The lowest BCUT2D eigenvalue weighted by Gasteiger charge is -2.11. The van der Waals surface area contributed by atoms with E-state index in [1.165, 1.54) is 21.8 Å². The minimum atomic E-state index is 0.253. The maximum atomic E-state index is 6.29. The van der Waals surface area contributed by atoms with Crippen molar-refractivity contribution in [1.82, 2.24) is 14.5 Å². The lowest BCUT2D eigenvalue weighted by Crippen LogP contribution is -1.94. The first kappa shape index (κ1) is 20.9. The predicted octanol–water partition coefficient (Wildman–Crippen LogP) is 8.71. The van der Waals surface area contributed by atoms with E-state index < -0.39 is 0 Å². The molecule has 170 valence electrons. The third-order valence-corrected chi connectivity index (χ3v) is 6.91. The van der Waals surface area contributed by atoms with Crippen molar-refractivity contribution in [2.24, 2.45) is 0 Å². The summed E-state index contributed by atoms with van der Waals surface area (Å²) in [6.45, 7) is 0. The molecule has 7 rings (SSSR count). The molecule has 0 atom stereocenters. The Morgan fingerprint density at radius 2 is 1.17 bits per heavy atom. The minimum absolute atomic E-state index is 0.253. The molecule has 0 aliphatic heterocycles. The lowest BCUT2D eigenvalue weighted by molar-refractivity contribution is 1.18. The van der Waals surface area contributed by atoms with Gasteiger partial charge in [-0.15, -0.1) is 0 Å². The van der Waals surface area contributed by atoms with Gasteiger partial charge in [-0.1, -0.05) is 84.9 Å². The van der Waals surface area contributed by atoms with Crippen LogP contribution in [0.25, 0.3) is 60.8 Å². The van der Waals surface area contributed by atoms with Crippen LogP contribution in [0.2, 0.25) is 5.28 Å². The van der Waals surface area contributed by atoms with Crippen molar-refractivity contribution in [3.8, 4) is 28.1 Å². The Labute approximate surface area is 213 Å². The molecule has 0 aliphatic carbocycles. The molecule has 2 aromatic heterocycles. The third kappa shape index (κ3) is 3.36. The van der Waals surface area contributed by atoms with Gasteiger partial charge in [0.15, 0.2) is 0 Å². The third-order valence-electron chi connectivity index (χ3n) is 6.74. The van der Waals surface area contributed by atoms with Gasteiger partial charge in [-0.25, -0.2) is 9.97 Å². The monoisotopic (exact) mass is 481 g/mol. The van der Waals surface area contributed by atoms with E-state index in [9.17, 15) is 0 Å². The van der Waals surface area contributed by atoms with Gasteiger partial charge < -0.3 is 4.57 Å². The normalized spacial score (nSPS) is 11.5. The molecular formula is C32H20ClN3. The molecule has 0 N–H and O–H groups in total. The van der Waals surface area contributed by atoms with E-state index in [-0.39, 0.29) is 5.28 Å². The first-order valence-electron chi connectivity index (χ1n) is 11.9. The van der Waals surface area contributed by atoms with Gasteiger partial charge >= 0.3 is 0 Å². The fraction of sp³-hybridized carbons (Fsp3) is 0. The average molecular weight is 482 g/mol. The van der Waals surface area contributed by atoms with Crippen LogP contribution in [0, 0.1) is 0 Å². The maximum absolute atomic E-state index is 6.29. The molecule has 0 saturated carbocycles. The number of aromatic nitrogens is 3. The van der Waals surface area contributed by atoms with Crippen LogP contribution in [0.1, 0.15) is 0 Å². The van der Waals surface area contributed by atoms with Crippen LogP contribution in [-0.2, 0) is 0 Å². The molecular weight excluding hydrogens is 462 g/mol. The number of hydrogen-bond donors (Lipinski definition) is 0. The molecule has 0 spiro atoms. The number of fused-ring (bicyclic) bond motifs is 4. The van der Waals surface area contributed by atoms with Gasteiger partial charge in [0, 0.05) is 27.4 Å². The number of benzene rings is 5. The van der Waals surface area contributed by atoms with Gasteiger partial charge in [-0.05, 0) is 59.1 Å². The van der Waals surface area contributed by atoms with Gasteiger partial charge in [-0.3, -0.25) is 0 Å². The van der Waals surface area contributed by atoms with E-state index in [2.05, 4.69) is 112 Å². The topological polar surface area (TPSA) is 30.7 Å². The highest BCUT2D eigenvalue weighted by molar-refractivity contribution is 6.29. The lowest BCUT2D eigenvalue weighted by atomic mass is 9.99. The molecule has 0 radical (unpaired) electrons. The Morgan fingerprint density at radius 3 is 2.00 bits per heavy atom. The van der Waals surface area contributed by atoms with Gasteiger partial charge in [0.1, 0.15) is 0 Å². The van der Waals surface area contributed by atoms with E-state index in [1.54, 1.807) is 0 Å². The minimum Gasteiger partial charge on any atom is -0.309 e. The Bertz CT molecular complexity index is 1890. The number of rotatable bonds is 3.